The number of aryl methyl sites for hydroxylation is 1. The van der Waals surface area contributed by atoms with E-state index in [1.807, 2.05) is 18.2 Å². The van der Waals surface area contributed by atoms with Gasteiger partial charge in [-0.2, -0.15) is 0 Å². The third-order valence-electron chi connectivity index (χ3n) is 2.90. The lowest BCUT2D eigenvalue weighted by Gasteiger charge is -2.07. The molecule has 0 radical (unpaired) electrons. The van der Waals surface area contributed by atoms with E-state index in [2.05, 4.69) is 0 Å². The summed E-state index contributed by atoms with van der Waals surface area (Å²) in [6.07, 6.45) is 4.42. The minimum Gasteiger partial charge on any atom is -0.465 e. The minimum absolute atomic E-state index is 0.241. The fourth-order valence-corrected chi connectivity index (χ4v) is 1.91. The number of ketones is 1. The molecule has 0 N–H and O–H groups in total. The highest BCUT2D eigenvalue weighted by Crippen LogP contribution is 2.14. The molecule has 1 aromatic carbocycles. The molecule has 0 aliphatic rings. The molecule has 18 heavy (non-hydrogen) atoms. The van der Waals surface area contributed by atoms with Crippen molar-refractivity contribution in [2.75, 3.05) is 7.11 Å². The molecule has 0 saturated carbocycles. The molecule has 0 bridgehead atoms. The van der Waals surface area contributed by atoms with Crippen LogP contribution in [0.25, 0.3) is 0 Å². The Hall–Kier alpha value is -1.64. The van der Waals surface area contributed by atoms with E-state index in [9.17, 15) is 9.59 Å². The number of hydrogen-bond acceptors (Lipinski definition) is 3. The lowest BCUT2D eigenvalue weighted by Crippen LogP contribution is -2.05. The lowest BCUT2D eigenvalue weighted by molar-refractivity contribution is -0.117. The predicted molar refractivity (Wildman–Crippen MR) is 70.6 cm³/mol. The summed E-state index contributed by atoms with van der Waals surface area (Å²) in [7, 11) is 1.39. The minimum atomic E-state index is -0.283. The van der Waals surface area contributed by atoms with Gasteiger partial charge < -0.3 is 9.53 Å². The molecule has 0 aliphatic heterocycles. The molecule has 1 rings (SSSR count). The quantitative estimate of drug-likeness (QED) is 0.550. The second kappa shape index (κ2) is 7.64. The van der Waals surface area contributed by atoms with Crippen LogP contribution in [-0.4, -0.2) is 18.9 Å². The molecule has 0 heterocycles. The summed E-state index contributed by atoms with van der Waals surface area (Å²) in [5.41, 5.74) is 1.67. The second-order valence-corrected chi connectivity index (χ2v) is 4.41. The monoisotopic (exact) mass is 248 g/mol. The molecule has 0 aliphatic carbocycles. The number of benzene rings is 1. The molecule has 98 valence electrons. The number of rotatable bonds is 7. The fourth-order valence-electron chi connectivity index (χ4n) is 1.91. The summed E-state index contributed by atoms with van der Waals surface area (Å²) in [4.78, 5) is 22.3. The highest BCUT2D eigenvalue weighted by Gasteiger charge is 2.10. The van der Waals surface area contributed by atoms with E-state index in [1.165, 1.54) is 7.11 Å². The molecule has 0 atom stereocenters. The van der Waals surface area contributed by atoms with Crippen molar-refractivity contribution in [3.05, 3.63) is 35.4 Å². The zero-order chi connectivity index (χ0) is 13.4. The Morgan fingerprint density at radius 3 is 2.50 bits per heavy atom. The number of hydrogen-bond donors (Lipinski definition) is 0. The maximum Gasteiger partial charge on any atom is 0.338 e. The lowest BCUT2D eigenvalue weighted by atomic mass is 10.0. The number of esters is 1. The normalized spacial score (nSPS) is 10.1. The Morgan fingerprint density at radius 2 is 1.83 bits per heavy atom. The van der Waals surface area contributed by atoms with Crippen molar-refractivity contribution in [3.63, 3.8) is 0 Å². The first-order valence-electron chi connectivity index (χ1n) is 6.31. The smallest absolute Gasteiger partial charge is 0.338 e. The van der Waals surface area contributed by atoms with Crippen molar-refractivity contribution >= 4 is 11.8 Å². The van der Waals surface area contributed by atoms with Gasteiger partial charge in [0.1, 0.15) is 5.78 Å². The van der Waals surface area contributed by atoms with Crippen molar-refractivity contribution < 1.29 is 14.3 Å². The van der Waals surface area contributed by atoms with Gasteiger partial charge in [0.25, 0.3) is 0 Å². The average Bonchev–Trinajstić information content (AvgIpc) is 2.37. The van der Waals surface area contributed by atoms with Crippen molar-refractivity contribution in [1.82, 2.24) is 0 Å². The van der Waals surface area contributed by atoms with E-state index in [1.54, 1.807) is 13.0 Å². The highest BCUT2D eigenvalue weighted by atomic mass is 16.5. The van der Waals surface area contributed by atoms with Crippen LogP contribution in [0.2, 0.25) is 0 Å². The van der Waals surface area contributed by atoms with Crippen molar-refractivity contribution in [1.29, 1.82) is 0 Å². The van der Waals surface area contributed by atoms with Crippen molar-refractivity contribution in [3.8, 4) is 0 Å². The Bertz CT molecular complexity index is 410. The van der Waals surface area contributed by atoms with E-state index in [0.717, 1.165) is 31.2 Å². The molecule has 3 nitrogen and oxygen atoms in total. The molecule has 0 spiro atoms. The van der Waals surface area contributed by atoms with E-state index >= 15 is 0 Å². The first-order chi connectivity index (χ1) is 8.65. The van der Waals surface area contributed by atoms with Gasteiger partial charge in [-0.15, -0.1) is 0 Å². The van der Waals surface area contributed by atoms with Gasteiger partial charge >= 0.3 is 5.97 Å². The van der Waals surface area contributed by atoms with Gasteiger partial charge in [-0.05, 0) is 37.8 Å². The predicted octanol–water partition coefficient (Wildman–Crippen LogP) is 3.17. The van der Waals surface area contributed by atoms with E-state index < -0.39 is 0 Å². The van der Waals surface area contributed by atoms with E-state index in [4.69, 9.17) is 4.74 Å². The molecular formula is C15H20O3. The molecule has 0 saturated heterocycles. The largest absolute Gasteiger partial charge is 0.465 e. The van der Waals surface area contributed by atoms with Crippen LogP contribution in [0.3, 0.4) is 0 Å². The van der Waals surface area contributed by atoms with Crippen molar-refractivity contribution in [2.45, 2.75) is 39.0 Å². The average molecular weight is 248 g/mol. The summed E-state index contributed by atoms with van der Waals surface area (Å²) >= 11 is 0. The van der Waals surface area contributed by atoms with Gasteiger partial charge in [-0.3, -0.25) is 0 Å². The Morgan fingerprint density at radius 1 is 1.11 bits per heavy atom. The van der Waals surface area contributed by atoms with E-state index in [-0.39, 0.29) is 11.8 Å². The van der Waals surface area contributed by atoms with Crippen molar-refractivity contribution in [2.24, 2.45) is 0 Å². The van der Waals surface area contributed by atoms with Gasteiger partial charge in [0, 0.05) is 6.42 Å². The summed E-state index contributed by atoms with van der Waals surface area (Å²) in [5, 5.41) is 0. The molecule has 0 amide bonds. The number of methoxy groups -OCH3 is 1. The fraction of sp³-hybridized carbons (Fsp3) is 0.467. The SMILES string of the molecule is COC(=O)c1ccccc1CCCCCC(C)=O. The van der Waals surface area contributed by atoms with Gasteiger partial charge in [-0.25, -0.2) is 4.79 Å². The molecule has 0 aromatic heterocycles. The summed E-state index contributed by atoms with van der Waals surface area (Å²) in [6, 6.07) is 7.51. The molecule has 1 aromatic rings. The van der Waals surface area contributed by atoms with Gasteiger partial charge in [0.15, 0.2) is 0 Å². The topological polar surface area (TPSA) is 43.4 Å². The second-order valence-electron chi connectivity index (χ2n) is 4.41. The maximum absolute atomic E-state index is 11.5. The first kappa shape index (κ1) is 14.4. The van der Waals surface area contributed by atoms with Crippen LogP contribution < -0.4 is 0 Å². The number of carbonyl (C=O) groups is 2. The number of carbonyl (C=O) groups excluding carboxylic acids is 2. The number of Topliss-reactive ketones (excluding diaryl/α,β-unsaturated/α-hetero) is 1. The van der Waals surface area contributed by atoms with Crippen LogP contribution in [0.4, 0.5) is 0 Å². The Labute approximate surface area is 108 Å². The standard InChI is InChI=1S/C15H20O3/c1-12(16)8-4-3-5-9-13-10-6-7-11-14(13)15(17)18-2/h6-7,10-11H,3-5,8-9H2,1-2H3. The summed E-state index contributed by atoms with van der Waals surface area (Å²) < 4.78 is 4.75. The van der Waals surface area contributed by atoms with Gasteiger partial charge in [0.2, 0.25) is 0 Å². The maximum atomic E-state index is 11.5. The molecule has 0 fully saturated rings. The summed E-state index contributed by atoms with van der Waals surface area (Å²) in [6.45, 7) is 1.62. The number of ether oxygens (including phenoxy) is 1. The van der Waals surface area contributed by atoms with Crippen LogP contribution >= 0.6 is 0 Å². The first-order valence-corrected chi connectivity index (χ1v) is 6.31. The highest BCUT2D eigenvalue weighted by molar-refractivity contribution is 5.90. The van der Waals surface area contributed by atoms with Crippen LogP contribution in [0.15, 0.2) is 24.3 Å². The van der Waals surface area contributed by atoms with Gasteiger partial charge in [-0.1, -0.05) is 24.6 Å². The Kier molecular flexibility index (Phi) is 6.12. The van der Waals surface area contributed by atoms with Crippen LogP contribution in [0, 0.1) is 0 Å². The zero-order valence-electron chi connectivity index (χ0n) is 11.1. The van der Waals surface area contributed by atoms with Crippen LogP contribution in [0.1, 0.15) is 48.5 Å². The molecule has 3 heteroatoms. The number of unbranched alkanes of at least 4 members (excludes halogenated alkanes) is 2. The summed E-state index contributed by atoms with van der Waals surface area (Å²) in [5.74, 6) is -0.0423. The van der Waals surface area contributed by atoms with Gasteiger partial charge in [0.05, 0.1) is 12.7 Å². The van der Waals surface area contributed by atoms with E-state index in [0.29, 0.717) is 12.0 Å². The molecular weight excluding hydrogens is 228 g/mol. The molecule has 0 unspecified atom stereocenters. The third-order valence-corrected chi connectivity index (χ3v) is 2.90. The third kappa shape index (κ3) is 4.70. The zero-order valence-corrected chi connectivity index (χ0v) is 11.1. The van der Waals surface area contributed by atoms with Crippen LogP contribution in [-0.2, 0) is 16.0 Å². The van der Waals surface area contributed by atoms with Crippen LogP contribution in [0.5, 0.6) is 0 Å². The Balaban J connectivity index is 2.46.